The lowest BCUT2D eigenvalue weighted by Crippen LogP contribution is -2.08. The van der Waals surface area contributed by atoms with Gasteiger partial charge in [0.05, 0.1) is 11.1 Å². The Bertz CT molecular complexity index is 540. The summed E-state index contributed by atoms with van der Waals surface area (Å²) < 4.78 is 0. The number of aliphatic imine (C=N–C) groups is 1. The van der Waals surface area contributed by atoms with Crippen LogP contribution in [0.4, 0.5) is 0 Å². The van der Waals surface area contributed by atoms with Crippen LogP contribution in [0.3, 0.4) is 0 Å². The molecule has 1 rings (SSSR count). The minimum absolute atomic E-state index is 0.0214. The second-order valence-electron chi connectivity index (χ2n) is 4.25. The molecule has 0 atom stereocenters. The topological polar surface area (TPSA) is 87.0 Å². The van der Waals surface area contributed by atoms with Crippen LogP contribution in [0.25, 0.3) is 0 Å². The predicted molar refractivity (Wildman–Crippen MR) is 77.1 cm³/mol. The molecule has 0 heterocycles. The number of hydrogen-bond acceptors (Lipinski definition) is 3. The van der Waals surface area contributed by atoms with Gasteiger partial charge in [-0.3, -0.25) is 4.99 Å². The van der Waals surface area contributed by atoms with Crippen LogP contribution in [0.15, 0.2) is 23.2 Å². The number of carboxylic acids is 2. The fraction of sp³-hybridized carbons (Fsp3) is 0.357. The van der Waals surface area contributed by atoms with Crippen molar-refractivity contribution in [2.24, 2.45) is 4.99 Å². The summed E-state index contributed by atoms with van der Waals surface area (Å²) in [6.45, 7) is 2.55. The second-order valence-corrected chi connectivity index (χ2v) is 4.61. The summed E-state index contributed by atoms with van der Waals surface area (Å²) in [5.74, 6) is -2.31. The van der Waals surface area contributed by atoms with Crippen molar-refractivity contribution >= 4 is 28.7 Å². The van der Waals surface area contributed by atoms with E-state index in [-0.39, 0.29) is 21.9 Å². The molecule has 1 aromatic carbocycles. The maximum absolute atomic E-state index is 11.1. The largest absolute Gasteiger partial charge is 0.478 e. The predicted octanol–water partition coefficient (Wildman–Crippen LogP) is 3.26. The van der Waals surface area contributed by atoms with Crippen LogP contribution < -0.4 is 0 Å². The summed E-state index contributed by atoms with van der Waals surface area (Å²) in [5, 5.41) is 18.1. The van der Waals surface area contributed by atoms with Gasteiger partial charge in [-0.1, -0.05) is 31.4 Å². The van der Waals surface area contributed by atoms with Crippen molar-refractivity contribution in [2.75, 3.05) is 6.54 Å². The summed E-state index contributed by atoms with van der Waals surface area (Å²) in [6, 6.07) is 3.69. The van der Waals surface area contributed by atoms with Gasteiger partial charge in [0.15, 0.2) is 0 Å². The van der Waals surface area contributed by atoms with Gasteiger partial charge in [0.1, 0.15) is 5.17 Å². The molecule has 108 valence electrons. The summed E-state index contributed by atoms with van der Waals surface area (Å²) in [6.07, 6.45) is 2.91. The average Bonchev–Trinajstić information content (AvgIpc) is 2.42. The Labute approximate surface area is 121 Å². The van der Waals surface area contributed by atoms with Crippen molar-refractivity contribution in [2.45, 2.75) is 26.2 Å². The molecule has 0 bridgehead atoms. The molecular formula is C14H16ClNO4. The van der Waals surface area contributed by atoms with Crippen LogP contribution in [-0.4, -0.2) is 33.9 Å². The van der Waals surface area contributed by atoms with Gasteiger partial charge in [-0.05, 0) is 24.6 Å². The quantitative estimate of drug-likeness (QED) is 0.597. The lowest BCUT2D eigenvalue weighted by Gasteiger charge is -2.06. The van der Waals surface area contributed by atoms with E-state index in [1.54, 1.807) is 0 Å². The normalized spacial score (nSPS) is 11.4. The molecule has 0 aliphatic heterocycles. The fourth-order valence-corrected chi connectivity index (χ4v) is 1.90. The van der Waals surface area contributed by atoms with E-state index in [0.29, 0.717) is 6.54 Å². The van der Waals surface area contributed by atoms with Gasteiger partial charge in [-0.25, -0.2) is 9.59 Å². The van der Waals surface area contributed by atoms with Gasteiger partial charge >= 0.3 is 11.9 Å². The lowest BCUT2D eigenvalue weighted by atomic mass is 10.0. The number of halogens is 1. The van der Waals surface area contributed by atoms with Crippen LogP contribution in [-0.2, 0) is 0 Å². The second kappa shape index (κ2) is 7.65. The molecule has 0 aromatic heterocycles. The Balaban J connectivity index is 3.08. The highest BCUT2D eigenvalue weighted by Gasteiger charge is 2.16. The van der Waals surface area contributed by atoms with Crippen LogP contribution in [0.5, 0.6) is 0 Å². The molecule has 0 spiro atoms. The van der Waals surface area contributed by atoms with E-state index < -0.39 is 11.9 Å². The van der Waals surface area contributed by atoms with E-state index in [9.17, 15) is 9.59 Å². The Kier molecular flexibility index (Phi) is 6.18. The zero-order valence-electron chi connectivity index (χ0n) is 11.1. The molecule has 2 N–H and O–H groups in total. The number of carbonyl (C=O) groups is 2. The minimum Gasteiger partial charge on any atom is -0.478 e. The number of hydrogen-bond donors (Lipinski definition) is 2. The van der Waals surface area contributed by atoms with E-state index in [4.69, 9.17) is 21.8 Å². The van der Waals surface area contributed by atoms with Crippen LogP contribution >= 0.6 is 11.6 Å². The fourth-order valence-electron chi connectivity index (χ4n) is 1.66. The zero-order valence-corrected chi connectivity index (χ0v) is 11.9. The third-order valence-electron chi connectivity index (χ3n) is 2.73. The van der Waals surface area contributed by atoms with E-state index >= 15 is 0 Å². The maximum atomic E-state index is 11.1. The van der Waals surface area contributed by atoms with Crippen molar-refractivity contribution in [1.29, 1.82) is 0 Å². The lowest BCUT2D eigenvalue weighted by molar-refractivity contribution is 0.0681. The van der Waals surface area contributed by atoms with Gasteiger partial charge in [0.2, 0.25) is 0 Å². The molecule has 0 amide bonds. The number of rotatable bonds is 7. The van der Waals surface area contributed by atoms with Crippen molar-refractivity contribution in [3.05, 3.63) is 34.9 Å². The van der Waals surface area contributed by atoms with Gasteiger partial charge < -0.3 is 10.2 Å². The van der Waals surface area contributed by atoms with Gasteiger partial charge in [-0.2, -0.15) is 0 Å². The standard InChI is InChI=1S/C14H16ClNO4/c1-2-3-4-7-16-12(15)11-8-9(13(17)18)5-6-10(11)14(19)20/h5-6,8H,2-4,7H2,1H3,(H,17,18)(H,19,20). The Morgan fingerprint density at radius 1 is 1.15 bits per heavy atom. The monoisotopic (exact) mass is 297 g/mol. The summed E-state index contributed by atoms with van der Waals surface area (Å²) >= 11 is 6.00. The first kappa shape index (κ1) is 16.2. The minimum atomic E-state index is -1.17. The van der Waals surface area contributed by atoms with Crippen LogP contribution in [0, 0.1) is 0 Å². The van der Waals surface area contributed by atoms with Crippen LogP contribution in [0.1, 0.15) is 52.5 Å². The third-order valence-corrected chi connectivity index (χ3v) is 3.05. The van der Waals surface area contributed by atoms with E-state index in [1.165, 1.54) is 18.2 Å². The highest BCUT2D eigenvalue weighted by Crippen LogP contribution is 2.16. The molecule has 0 saturated carbocycles. The maximum Gasteiger partial charge on any atom is 0.336 e. The third kappa shape index (κ3) is 4.35. The SMILES string of the molecule is CCCCCN=C(Cl)c1cc(C(=O)O)ccc1C(=O)O. The number of benzene rings is 1. The van der Waals surface area contributed by atoms with Crippen molar-refractivity contribution in [3.63, 3.8) is 0 Å². The summed E-state index contributed by atoms with van der Waals surface area (Å²) in [7, 11) is 0. The molecule has 6 heteroatoms. The molecule has 0 aliphatic carbocycles. The number of aromatic carboxylic acids is 2. The smallest absolute Gasteiger partial charge is 0.336 e. The van der Waals surface area contributed by atoms with Gasteiger partial charge in [-0.15, -0.1) is 0 Å². The number of unbranched alkanes of at least 4 members (excludes halogenated alkanes) is 2. The molecule has 0 unspecified atom stereocenters. The summed E-state index contributed by atoms with van der Waals surface area (Å²) in [5.41, 5.74) is 0.0571. The molecule has 1 aromatic rings. The Morgan fingerprint density at radius 3 is 2.40 bits per heavy atom. The molecule has 0 saturated heterocycles. The van der Waals surface area contributed by atoms with E-state index in [0.717, 1.165) is 19.3 Å². The van der Waals surface area contributed by atoms with E-state index in [2.05, 4.69) is 11.9 Å². The first-order valence-corrected chi connectivity index (χ1v) is 6.66. The number of carboxylic acid groups (broad SMARTS) is 2. The Morgan fingerprint density at radius 2 is 1.85 bits per heavy atom. The highest BCUT2D eigenvalue weighted by atomic mass is 35.5. The summed E-state index contributed by atoms with van der Waals surface area (Å²) in [4.78, 5) is 26.1. The van der Waals surface area contributed by atoms with E-state index in [1.807, 2.05) is 0 Å². The Hall–Kier alpha value is -1.88. The van der Waals surface area contributed by atoms with Crippen molar-refractivity contribution in [1.82, 2.24) is 0 Å². The molecule has 0 fully saturated rings. The van der Waals surface area contributed by atoms with Crippen molar-refractivity contribution in [3.8, 4) is 0 Å². The average molecular weight is 298 g/mol. The molecule has 20 heavy (non-hydrogen) atoms. The van der Waals surface area contributed by atoms with Crippen molar-refractivity contribution < 1.29 is 19.8 Å². The zero-order chi connectivity index (χ0) is 15.1. The van der Waals surface area contributed by atoms with Gasteiger partial charge in [0, 0.05) is 12.1 Å². The molecular weight excluding hydrogens is 282 g/mol. The number of nitrogens with zero attached hydrogens (tertiary/aromatic N) is 1. The van der Waals surface area contributed by atoms with Crippen LogP contribution in [0.2, 0.25) is 0 Å². The molecule has 5 nitrogen and oxygen atoms in total. The van der Waals surface area contributed by atoms with Gasteiger partial charge in [0.25, 0.3) is 0 Å². The first-order valence-electron chi connectivity index (χ1n) is 6.28. The first-order chi connectivity index (χ1) is 9.47. The molecule has 0 aliphatic rings. The molecule has 0 radical (unpaired) electrons. The highest BCUT2D eigenvalue weighted by molar-refractivity contribution is 6.70.